The van der Waals surface area contributed by atoms with Gasteiger partial charge in [-0.1, -0.05) is 58.5 Å². The second kappa shape index (κ2) is 11.8. The molecule has 0 aliphatic carbocycles. The third-order valence-electron chi connectivity index (χ3n) is 4.36. The molecular weight excluding hydrogens is 506 g/mol. The van der Waals surface area contributed by atoms with Crippen LogP contribution in [0.5, 0.6) is 11.5 Å². The van der Waals surface area contributed by atoms with Gasteiger partial charge in [0, 0.05) is 4.47 Å². The molecule has 1 N–H and O–H groups in total. The summed E-state index contributed by atoms with van der Waals surface area (Å²) < 4.78 is 17.3. The first kappa shape index (κ1) is 24.7. The summed E-state index contributed by atoms with van der Waals surface area (Å²) in [5, 5.41) is 11.3. The van der Waals surface area contributed by atoms with E-state index in [4.69, 9.17) is 14.2 Å². The number of hydrogen-bond acceptors (Lipinski definition) is 7. The average Bonchev–Trinajstić information content (AvgIpc) is 3.10. The van der Waals surface area contributed by atoms with Crippen molar-refractivity contribution in [1.82, 2.24) is 0 Å². The molecule has 172 valence electrons. The van der Waals surface area contributed by atoms with Gasteiger partial charge in [-0.15, -0.1) is 0 Å². The van der Waals surface area contributed by atoms with Gasteiger partial charge in [-0.05, 0) is 49.8 Å². The number of benzene rings is 2. The number of para-hydroxylation sites is 1. The molecule has 0 aromatic heterocycles. The molecule has 0 fully saturated rings. The van der Waals surface area contributed by atoms with Crippen LogP contribution in [0.2, 0.25) is 0 Å². The van der Waals surface area contributed by atoms with E-state index in [2.05, 4.69) is 27.5 Å². The molecule has 3 rings (SSSR count). The van der Waals surface area contributed by atoms with Crippen molar-refractivity contribution < 1.29 is 24.1 Å². The van der Waals surface area contributed by atoms with Crippen molar-refractivity contribution in [1.29, 1.82) is 0 Å². The first-order chi connectivity index (χ1) is 16.0. The van der Waals surface area contributed by atoms with Crippen molar-refractivity contribution in [2.75, 3.05) is 19.8 Å². The van der Waals surface area contributed by atoms with Crippen LogP contribution in [-0.4, -0.2) is 35.9 Å². The molecule has 8 heteroatoms. The maximum absolute atomic E-state index is 12.6. The van der Waals surface area contributed by atoms with Crippen molar-refractivity contribution >= 4 is 50.5 Å². The third kappa shape index (κ3) is 6.09. The van der Waals surface area contributed by atoms with E-state index in [0.717, 1.165) is 10.0 Å². The highest BCUT2D eigenvalue weighted by molar-refractivity contribution is 9.10. The van der Waals surface area contributed by atoms with E-state index in [0.29, 0.717) is 40.3 Å². The highest BCUT2D eigenvalue weighted by Gasteiger charge is 2.33. The minimum Gasteiger partial charge on any atom is -0.506 e. The lowest BCUT2D eigenvalue weighted by Crippen LogP contribution is -2.12. The minimum absolute atomic E-state index is 0.0454. The van der Waals surface area contributed by atoms with E-state index >= 15 is 0 Å². The van der Waals surface area contributed by atoms with Crippen LogP contribution in [0.25, 0.3) is 6.08 Å². The van der Waals surface area contributed by atoms with Gasteiger partial charge in [0.15, 0.2) is 11.5 Å². The maximum Gasteiger partial charge on any atom is 0.344 e. The predicted molar refractivity (Wildman–Crippen MR) is 136 cm³/mol. The highest BCUT2D eigenvalue weighted by atomic mass is 79.9. The SMILES string of the molecule is C=CCOc1cc(Br)c(/C=C2\SC(=Nc3ccccc3)C(C(=O)OCC)=C2O)cc1OCC. The van der Waals surface area contributed by atoms with Crippen LogP contribution in [-0.2, 0) is 9.53 Å². The molecule has 2 aromatic carbocycles. The van der Waals surface area contributed by atoms with Crippen LogP contribution < -0.4 is 9.47 Å². The first-order valence-corrected chi connectivity index (χ1v) is 11.9. The number of carbonyl (C=O) groups excluding carboxylic acids is 1. The van der Waals surface area contributed by atoms with Gasteiger partial charge in [0.25, 0.3) is 0 Å². The molecule has 1 aliphatic rings. The third-order valence-corrected chi connectivity index (χ3v) is 6.07. The number of rotatable bonds is 9. The Hall–Kier alpha value is -2.97. The Bertz CT molecular complexity index is 1130. The number of esters is 1. The number of hydrogen-bond donors (Lipinski definition) is 1. The molecule has 0 bridgehead atoms. The zero-order valence-electron chi connectivity index (χ0n) is 18.3. The minimum atomic E-state index is -0.622. The number of aliphatic hydroxyl groups excluding tert-OH is 1. The fourth-order valence-corrected chi connectivity index (χ4v) is 4.41. The molecule has 0 unspecified atom stereocenters. The molecule has 2 aromatic rings. The topological polar surface area (TPSA) is 77.4 Å². The molecule has 0 spiro atoms. The van der Waals surface area contributed by atoms with Gasteiger partial charge < -0.3 is 19.3 Å². The Morgan fingerprint density at radius 1 is 1.15 bits per heavy atom. The highest BCUT2D eigenvalue weighted by Crippen LogP contribution is 2.42. The fourth-order valence-electron chi connectivity index (χ4n) is 2.94. The first-order valence-electron chi connectivity index (χ1n) is 10.3. The normalized spacial score (nSPS) is 15.7. The zero-order chi connectivity index (χ0) is 23.8. The fraction of sp³-hybridized carbons (Fsp3) is 0.200. The van der Waals surface area contributed by atoms with Gasteiger partial charge >= 0.3 is 5.97 Å². The lowest BCUT2D eigenvalue weighted by molar-refractivity contribution is -0.138. The molecule has 1 heterocycles. The smallest absolute Gasteiger partial charge is 0.344 e. The summed E-state index contributed by atoms with van der Waals surface area (Å²) in [5.74, 6) is 0.334. The summed E-state index contributed by atoms with van der Waals surface area (Å²) in [4.78, 5) is 17.6. The van der Waals surface area contributed by atoms with Gasteiger partial charge in [0.2, 0.25) is 0 Å². The summed E-state index contributed by atoms with van der Waals surface area (Å²) >= 11 is 4.75. The van der Waals surface area contributed by atoms with Gasteiger partial charge in [-0.25, -0.2) is 9.79 Å². The number of ether oxygens (including phenoxy) is 3. The molecule has 33 heavy (non-hydrogen) atoms. The van der Waals surface area contributed by atoms with Crippen LogP contribution in [0.3, 0.4) is 0 Å². The van der Waals surface area contributed by atoms with Crippen LogP contribution in [0.1, 0.15) is 19.4 Å². The molecule has 1 aliphatic heterocycles. The average molecular weight is 530 g/mol. The van der Waals surface area contributed by atoms with E-state index in [1.54, 1.807) is 25.1 Å². The molecule has 0 atom stereocenters. The van der Waals surface area contributed by atoms with Crippen molar-refractivity contribution in [3.63, 3.8) is 0 Å². The van der Waals surface area contributed by atoms with Gasteiger partial charge in [-0.3, -0.25) is 0 Å². The largest absolute Gasteiger partial charge is 0.506 e. The van der Waals surface area contributed by atoms with E-state index in [1.807, 2.05) is 43.3 Å². The quantitative estimate of drug-likeness (QED) is 0.291. The van der Waals surface area contributed by atoms with E-state index in [9.17, 15) is 9.90 Å². The number of aliphatic imine (C=N–C) groups is 1. The summed E-state index contributed by atoms with van der Waals surface area (Å²) in [5.41, 5.74) is 1.45. The monoisotopic (exact) mass is 529 g/mol. The van der Waals surface area contributed by atoms with E-state index in [-0.39, 0.29) is 17.9 Å². The molecule has 6 nitrogen and oxygen atoms in total. The van der Waals surface area contributed by atoms with Gasteiger partial charge in [0.1, 0.15) is 23.0 Å². The number of carbonyl (C=O) groups is 1. The van der Waals surface area contributed by atoms with Gasteiger partial charge in [-0.2, -0.15) is 0 Å². The van der Waals surface area contributed by atoms with Crippen molar-refractivity contribution in [3.05, 3.63) is 81.4 Å². The summed E-state index contributed by atoms with van der Waals surface area (Å²) in [6, 6.07) is 12.8. The number of halogens is 1. The molecule has 0 saturated heterocycles. The number of aliphatic hydroxyl groups is 1. The second-order valence-corrected chi connectivity index (χ2v) is 8.55. The molecule has 0 radical (unpaired) electrons. The zero-order valence-corrected chi connectivity index (χ0v) is 20.7. The predicted octanol–water partition coefficient (Wildman–Crippen LogP) is 6.61. The summed E-state index contributed by atoms with van der Waals surface area (Å²) in [6.45, 7) is 8.26. The summed E-state index contributed by atoms with van der Waals surface area (Å²) in [6.07, 6.45) is 3.42. The number of thioether (sulfide) groups is 1. The lowest BCUT2D eigenvalue weighted by Gasteiger charge is -2.13. The standard InChI is InChI=1S/C25H24BrNO5S/c1-4-12-32-20-15-18(26)16(13-19(20)30-5-2)14-21-23(28)22(25(29)31-6-3)24(33-21)27-17-10-8-7-9-11-17/h4,7-11,13-15,28H,1,5-6,12H2,2-3H3/b21-14-,27-24?. The Labute approximate surface area is 205 Å². The van der Waals surface area contributed by atoms with Crippen LogP contribution in [0.15, 0.2) is 80.8 Å². The number of nitrogens with zero attached hydrogens (tertiary/aromatic N) is 1. The van der Waals surface area contributed by atoms with E-state index in [1.165, 1.54) is 11.8 Å². The Kier molecular flexibility index (Phi) is 8.79. The summed E-state index contributed by atoms with van der Waals surface area (Å²) in [7, 11) is 0. The maximum atomic E-state index is 12.6. The van der Waals surface area contributed by atoms with Crippen molar-refractivity contribution in [3.8, 4) is 11.5 Å². The lowest BCUT2D eigenvalue weighted by atomic mass is 10.1. The van der Waals surface area contributed by atoms with Crippen LogP contribution in [0.4, 0.5) is 5.69 Å². The van der Waals surface area contributed by atoms with Gasteiger partial charge in [0.05, 0.1) is 23.8 Å². The Balaban J connectivity index is 2.05. The Morgan fingerprint density at radius 2 is 1.88 bits per heavy atom. The Morgan fingerprint density at radius 3 is 2.55 bits per heavy atom. The van der Waals surface area contributed by atoms with Crippen LogP contribution in [0, 0.1) is 0 Å². The molecule has 0 amide bonds. The van der Waals surface area contributed by atoms with Crippen molar-refractivity contribution in [2.45, 2.75) is 13.8 Å². The molecule has 0 saturated carbocycles. The van der Waals surface area contributed by atoms with Crippen LogP contribution >= 0.6 is 27.7 Å². The molecular formula is C25H24BrNO5S. The second-order valence-electron chi connectivity index (χ2n) is 6.66. The van der Waals surface area contributed by atoms with E-state index < -0.39 is 5.97 Å². The van der Waals surface area contributed by atoms with Crippen molar-refractivity contribution in [2.24, 2.45) is 4.99 Å².